The number of amides is 1. The zero-order valence-electron chi connectivity index (χ0n) is 20.4. The van der Waals surface area contributed by atoms with Crippen LogP contribution in [-0.2, 0) is 28.9 Å². The Morgan fingerprint density at radius 2 is 1.72 bits per heavy atom. The zero-order valence-corrected chi connectivity index (χ0v) is 22.0. The quantitative estimate of drug-likeness (QED) is 0.141. The van der Waals surface area contributed by atoms with Gasteiger partial charge in [0.15, 0.2) is 5.17 Å². The van der Waals surface area contributed by atoms with E-state index >= 15 is 0 Å². The van der Waals surface area contributed by atoms with E-state index in [0.29, 0.717) is 34.6 Å². The molecule has 36 heavy (non-hydrogen) atoms. The van der Waals surface area contributed by atoms with E-state index in [0.717, 1.165) is 48.1 Å². The molecule has 0 aliphatic rings. The molecule has 0 saturated carbocycles. The molecule has 0 fully saturated rings. The molecule has 190 valence electrons. The highest BCUT2D eigenvalue weighted by Gasteiger charge is 2.09. The highest BCUT2D eigenvalue weighted by molar-refractivity contribution is 8.26. The molecule has 2 aromatic carbocycles. The summed E-state index contributed by atoms with van der Waals surface area (Å²) in [6, 6.07) is 19.3. The molecule has 0 spiro atoms. The summed E-state index contributed by atoms with van der Waals surface area (Å²) in [5.41, 5.74) is 7.63. The number of benzene rings is 2. The van der Waals surface area contributed by atoms with Crippen molar-refractivity contribution in [2.75, 3.05) is 12.4 Å². The number of aliphatic imine (C=N–C) groups is 1. The van der Waals surface area contributed by atoms with Crippen LogP contribution in [0.4, 0.5) is 5.13 Å². The van der Waals surface area contributed by atoms with Gasteiger partial charge in [-0.1, -0.05) is 78.4 Å². The number of carbonyl (C=O) groups is 2. The van der Waals surface area contributed by atoms with Crippen molar-refractivity contribution in [2.24, 2.45) is 10.7 Å². The molecule has 0 bridgehead atoms. The van der Waals surface area contributed by atoms with Crippen LogP contribution in [-0.4, -0.2) is 39.6 Å². The lowest BCUT2D eigenvalue weighted by molar-refractivity contribution is -0.115. The number of thioether (sulfide) groups is 1. The Balaban J connectivity index is 0.000000425. The van der Waals surface area contributed by atoms with E-state index in [9.17, 15) is 9.59 Å². The molecule has 0 atom stereocenters. The second-order valence-electron chi connectivity index (χ2n) is 7.72. The molecule has 3 aromatic rings. The number of nitrogens with two attached hydrogens (primary N) is 1. The summed E-state index contributed by atoms with van der Waals surface area (Å²) in [4.78, 5) is 25.8. The molecule has 0 unspecified atom stereocenters. The van der Waals surface area contributed by atoms with Gasteiger partial charge in [0.2, 0.25) is 11.0 Å². The van der Waals surface area contributed by atoms with Crippen molar-refractivity contribution in [2.45, 2.75) is 44.9 Å². The van der Waals surface area contributed by atoms with Crippen LogP contribution >= 0.6 is 23.1 Å². The molecular formula is C26H32N6O2S2. The summed E-state index contributed by atoms with van der Waals surface area (Å²) in [7, 11) is 1.62. The first-order valence-corrected chi connectivity index (χ1v) is 13.2. The first-order chi connectivity index (χ1) is 17.5. The van der Waals surface area contributed by atoms with Gasteiger partial charge in [-0.15, -0.1) is 10.2 Å². The molecule has 3 rings (SSSR count). The van der Waals surface area contributed by atoms with Gasteiger partial charge in [0.1, 0.15) is 11.3 Å². The Labute approximate surface area is 220 Å². The van der Waals surface area contributed by atoms with E-state index in [1.165, 1.54) is 23.1 Å². The monoisotopic (exact) mass is 524 g/mol. The molecule has 0 aliphatic heterocycles. The first kappa shape index (κ1) is 28.9. The average molecular weight is 525 g/mol. The third-order valence-electron chi connectivity index (χ3n) is 4.83. The second kappa shape index (κ2) is 17.1. The van der Waals surface area contributed by atoms with Crippen LogP contribution in [0, 0.1) is 5.41 Å². The molecule has 1 amide bonds. The smallest absolute Gasteiger partial charge is 0.230 e. The van der Waals surface area contributed by atoms with Gasteiger partial charge < -0.3 is 15.8 Å². The van der Waals surface area contributed by atoms with Gasteiger partial charge in [-0.3, -0.25) is 15.2 Å². The minimum absolute atomic E-state index is 0.0881. The minimum Gasteiger partial charge on any atom is -0.378 e. The number of amidine groups is 1. The van der Waals surface area contributed by atoms with Gasteiger partial charge >= 0.3 is 0 Å². The largest absolute Gasteiger partial charge is 0.378 e. The maximum Gasteiger partial charge on any atom is 0.230 e. The van der Waals surface area contributed by atoms with Crippen molar-refractivity contribution >= 4 is 50.6 Å². The summed E-state index contributed by atoms with van der Waals surface area (Å²) >= 11 is 2.63. The third-order valence-corrected chi connectivity index (χ3v) is 6.57. The van der Waals surface area contributed by atoms with Crippen LogP contribution in [0.5, 0.6) is 0 Å². The van der Waals surface area contributed by atoms with Crippen LogP contribution < -0.4 is 11.1 Å². The van der Waals surface area contributed by atoms with Gasteiger partial charge in [0, 0.05) is 19.9 Å². The molecule has 0 aliphatic carbocycles. The predicted octanol–water partition coefficient (Wildman–Crippen LogP) is 4.91. The number of aromatic nitrogens is 2. The van der Waals surface area contributed by atoms with Crippen molar-refractivity contribution in [3.63, 3.8) is 0 Å². The fourth-order valence-corrected chi connectivity index (χ4v) is 4.41. The third kappa shape index (κ3) is 12.4. The standard InChI is InChI=1S/C18H24N6OS2.C8H8O/c1-21-17(20)26-14(19)10-6-3-7-11-16-23-24-18(27-16)22-15(25)12-13-8-4-2-5-9-13;9-7-6-8-4-2-1-3-5-8/h2,4-5,8-9,19H,3,6-7,10-12H2,1H3,(H2,20,21)(H,22,24,25);1-5,7H,6H2. The Morgan fingerprint density at radius 3 is 2.36 bits per heavy atom. The van der Waals surface area contributed by atoms with Gasteiger partial charge in [0.25, 0.3) is 0 Å². The number of nitrogens with one attached hydrogen (secondary N) is 2. The molecule has 0 radical (unpaired) electrons. The van der Waals surface area contributed by atoms with Crippen molar-refractivity contribution in [3.05, 3.63) is 76.8 Å². The average Bonchev–Trinajstić information content (AvgIpc) is 3.32. The molecule has 1 heterocycles. The normalized spacial score (nSPS) is 10.8. The van der Waals surface area contributed by atoms with Crippen LogP contribution in [0.15, 0.2) is 65.7 Å². The lowest BCUT2D eigenvalue weighted by Gasteiger charge is -2.02. The second-order valence-corrected chi connectivity index (χ2v) is 9.89. The van der Waals surface area contributed by atoms with Gasteiger partial charge in [-0.05, 0) is 42.2 Å². The number of aryl methyl sites for hydroxylation is 1. The number of anilines is 1. The van der Waals surface area contributed by atoms with Crippen LogP contribution in [0.2, 0.25) is 0 Å². The molecule has 4 N–H and O–H groups in total. The molecule has 0 saturated heterocycles. The first-order valence-electron chi connectivity index (χ1n) is 11.6. The number of aldehydes is 1. The SMILES string of the molecule is CN=C(N)SC(=N)CCCCCc1nnc(NC(=O)Cc2ccccc2)s1.O=CCc1ccccc1. The van der Waals surface area contributed by atoms with E-state index in [1.54, 1.807) is 7.05 Å². The Bertz CT molecular complexity index is 1100. The Morgan fingerprint density at radius 1 is 1.06 bits per heavy atom. The molecular weight excluding hydrogens is 492 g/mol. The lowest BCUT2D eigenvalue weighted by atomic mass is 10.1. The maximum atomic E-state index is 12.0. The number of rotatable bonds is 11. The number of unbranched alkanes of at least 4 members (excludes halogenated alkanes) is 2. The number of nitrogens with zero attached hydrogens (tertiary/aromatic N) is 3. The van der Waals surface area contributed by atoms with Crippen LogP contribution in [0.3, 0.4) is 0 Å². The van der Waals surface area contributed by atoms with Crippen LogP contribution in [0.1, 0.15) is 41.8 Å². The summed E-state index contributed by atoms with van der Waals surface area (Å²) in [5.74, 6) is -0.0881. The van der Waals surface area contributed by atoms with E-state index in [1.807, 2.05) is 60.7 Å². The van der Waals surface area contributed by atoms with Crippen LogP contribution in [0.25, 0.3) is 0 Å². The number of hydrogen-bond acceptors (Lipinski definition) is 8. The summed E-state index contributed by atoms with van der Waals surface area (Å²) in [5, 5.41) is 21.2. The van der Waals surface area contributed by atoms with E-state index in [2.05, 4.69) is 20.5 Å². The highest BCUT2D eigenvalue weighted by atomic mass is 32.2. The van der Waals surface area contributed by atoms with Gasteiger partial charge in [0.05, 0.1) is 11.5 Å². The summed E-state index contributed by atoms with van der Waals surface area (Å²) in [6.07, 6.45) is 6.21. The van der Waals surface area contributed by atoms with E-state index in [-0.39, 0.29) is 5.91 Å². The van der Waals surface area contributed by atoms with E-state index < -0.39 is 0 Å². The maximum absolute atomic E-state index is 12.0. The molecule has 1 aromatic heterocycles. The fraction of sp³-hybridized carbons (Fsp3) is 0.308. The summed E-state index contributed by atoms with van der Waals surface area (Å²) < 4.78 is 0. The predicted molar refractivity (Wildman–Crippen MR) is 150 cm³/mol. The van der Waals surface area contributed by atoms with E-state index in [4.69, 9.17) is 11.1 Å². The van der Waals surface area contributed by atoms with Crippen molar-refractivity contribution < 1.29 is 9.59 Å². The number of hydrogen-bond donors (Lipinski definition) is 3. The van der Waals surface area contributed by atoms with Crippen molar-refractivity contribution in [3.8, 4) is 0 Å². The molecule has 10 heteroatoms. The van der Waals surface area contributed by atoms with Gasteiger partial charge in [-0.25, -0.2) is 0 Å². The molecule has 8 nitrogen and oxygen atoms in total. The van der Waals surface area contributed by atoms with Crippen molar-refractivity contribution in [1.82, 2.24) is 10.2 Å². The summed E-state index contributed by atoms with van der Waals surface area (Å²) in [6.45, 7) is 0. The van der Waals surface area contributed by atoms with Crippen molar-refractivity contribution in [1.29, 1.82) is 5.41 Å². The Kier molecular flexibility index (Phi) is 13.7. The van der Waals surface area contributed by atoms with Gasteiger partial charge in [-0.2, -0.15) is 0 Å². The fourth-order valence-electron chi connectivity index (χ4n) is 3.02. The number of carbonyl (C=O) groups excluding carboxylic acids is 2. The topological polar surface area (TPSA) is 134 Å². The Hall–Kier alpha value is -3.37. The highest BCUT2D eigenvalue weighted by Crippen LogP contribution is 2.18. The zero-order chi connectivity index (χ0) is 26.0. The minimum atomic E-state index is -0.0881. The lowest BCUT2D eigenvalue weighted by Crippen LogP contribution is -2.14.